The number of nitrogens with one attached hydrogen (secondary N) is 1. The van der Waals surface area contributed by atoms with E-state index in [1.807, 2.05) is 19.2 Å². The molecule has 0 saturated heterocycles. The molecule has 0 saturated carbocycles. The molecule has 0 heterocycles. The van der Waals surface area contributed by atoms with Gasteiger partial charge in [0.2, 0.25) is 0 Å². The van der Waals surface area contributed by atoms with E-state index in [0.717, 1.165) is 17.9 Å². The molecule has 104 valence electrons. The van der Waals surface area contributed by atoms with Crippen LogP contribution in [0.5, 0.6) is 0 Å². The molecule has 0 aromatic heterocycles. The predicted octanol–water partition coefficient (Wildman–Crippen LogP) is 3.40. The maximum atomic E-state index is 10.8. The zero-order valence-corrected chi connectivity index (χ0v) is 12.1. The van der Waals surface area contributed by atoms with Gasteiger partial charge in [-0.3, -0.25) is 0 Å². The van der Waals surface area contributed by atoms with Crippen molar-refractivity contribution in [1.82, 2.24) is 5.32 Å². The van der Waals surface area contributed by atoms with Crippen LogP contribution in [0.25, 0.3) is 0 Å². The van der Waals surface area contributed by atoms with Gasteiger partial charge >= 0.3 is 5.97 Å². The lowest BCUT2D eigenvalue weighted by molar-refractivity contribution is 0.0697. The highest BCUT2D eigenvalue weighted by atomic mass is 32.2. The molecule has 2 aromatic carbocycles. The molecular weight excluding hydrogens is 270 g/mol. The number of hydrogen-bond donors (Lipinski definition) is 2. The number of rotatable bonds is 6. The summed E-state index contributed by atoms with van der Waals surface area (Å²) in [7, 11) is 1.93. The van der Waals surface area contributed by atoms with Crippen molar-refractivity contribution in [2.75, 3.05) is 7.05 Å². The summed E-state index contributed by atoms with van der Waals surface area (Å²) < 4.78 is 0. The van der Waals surface area contributed by atoms with E-state index >= 15 is 0 Å². The van der Waals surface area contributed by atoms with Crippen molar-refractivity contribution in [3.05, 3.63) is 65.2 Å². The van der Waals surface area contributed by atoms with Crippen molar-refractivity contribution < 1.29 is 9.90 Å². The number of carbonyl (C=O) groups is 1. The monoisotopic (exact) mass is 287 g/mol. The summed E-state index contributed by atoms with van der Waals surface area (Å²) in [5.74, 6) is -0.0463. The summed E-state index contributed by atoms with van der Waals surface area (Å²) in [6.07, 6.45) is 0. The minimum atomic E-state index is -0.885. The molecule has 0 bridgehead atoms. The second-order valence-electron chi connectivity index (χ2n) is 4.47. The van der Waals surface area contributed by atoms with Gasteiger partial charge < -0.3 is 10.4 Å². The highest BCUT2D eigenvalue weighted by molar-refractivity contribution is 7.98. The SMILES string of the molecule is CNCc1ccc(SCc2ccc(C(=O)O)cc2)cc1. The molecule has 3 nitrogen and oxygen atoms in total. The fraction of sp³-hybridized carbons (Fsp3) is 0.188. The van der Waals surface area contributed by atoms with Crippen molar-refractivity contribution in [3.63, 3.8) is 0 Å². The third-order valence-electron chi connectivity index (χ3n) is 2.91. The standard InChI is InChI=1S/C16H17NO2S/c1-17-10-12-4-8-15(9-5-12)20-11-13-2-6-14(7-3-13)16(18)19/h2-9,17H,10-11H2,1H3,(H,18,19). The molecule has 0 fully saturated rings. The van der Waals surface area contributed by atoms with Gasteiger partial charge in [-0.15, -0.1) is 11.8 Å². The molecule has 0 aliphatic rings. The fourth-order valence-electron chi connectivity index (χ4n) is 1.82. The number of carboxylic acid groups (broad SMARTS) is 1. The lowest BCUT2D eigenvalue weighted by atomic mass is 10.1. The van der Waals surface area contributed by atoms with E-state index in [4.69, 9.17) is 5.11 Å². The lowest BCUT2D eigenvalue weighted by Crippen LogP contribution is -2.04. The van der Waals surface area contributed by atoms with Gasteiger partial charge in [0.05, 0.1) is 5.56 Å². The summed E-state index contributed by atoms with van der Waals surface area (Å²) in [4.78, 5) is 12.0. The smallest absolute Gasteiger partial charge is 0.335 e. The van der Waals surface area contributed by atoms with Gasteiger partial charge in [0.15, 0.2) is 0 Å². The van der Waals surface area contributed by atoms with Gasteiger partial charge in [0, 0.05) is 17.2 Å². The Morgan fingerprint density at radius 3 is 2.20 bits per heavy atom. The van der Waals surface area contributed by atoms with Crippen LogP contribution in [0.15, 0.2) is 53.4 Å². The van der Waals surface area contributed by atoms with Gasteiger partial charge in [-0.05, 0) is 42.4 Å². The number of hydrogen-bond acceptors (Lipinski definition) is 3. The molecule has 0 amide bonds. The largest absolute Gasteiger partial charge is 0.478 e. The molecule has 0 aliphatic heterocycles. The molecule has 0 aliphatic carbocycles. The van der Waals surface area contributed by atoms with Gasteiger partial charge in [0.1, 0.15) is 0 Å². The second kappa shape index (κ2) is 7.12. The zero-order valence-electron chi connectivity index (χ0n) is 11.3. The van der Waals surface area contributed by atoms with E-state index in [-0.39, 0.29) is 0 Å². The van der Waals surface area contributed by atoms with E-state index in [2.05, 4.69) is 29.6 Å². The van der Waals surface area contributed by atoms with Crippen LogP contribution in [0.2, 0.25) is 0 Å². The quantitative estimate of drug-likeness (QED) is 0.800. The molecule has 2 aromatic rings. The van der Waals surface area contributed by atoms with Crippen LogP contribution in [0.4, 0.5) is 0 Å². The zero-order chi connectivity index (χ0) is 14.4. The van der Waals surface area contributed by atoms with Crippen LogP contribution in [-0.4, -0.2) is 18.1 Å². The van der Waals surface area contributed by atoms with Crippen molar-refractivity contribution in [1.29, 1.82) is 0 Å². The lowest BCUT2D eigenvalue weighted by Gasteiger charge is -2.04. The molecule has 0 atom stereocenters. The Balaban J connectivity index is 1.92. The molecule has 0 spiro atoms. The maximum absolute atomic E-state index is 10.8. The number of benzene rings is 2. The third kappa shape index (κ3) is 4.11. The topological polar surface area (TPSA) is 49.3 Å². The van der Waals surface area contributed by atoms with Crippen LogP contribution in [-0.2, 0) is 12.3 Å². The van der Waals surface area contributed by atoms with E-state index in [1.54, 1.807) is 23.9 Å². The van der Waals surface area contributed by atoms with Gasteiger partial charge in [-0.2, -0.15) is 0 Å². The number of aromatic carboxylic acids is 1. The molecule has 20 heavy (non-hydrogen) atoms. The molecule has 0 radical (unpaired) electrons. The average molecular weight is 287 g/mol. The minimum Gasteiger partial charge on any atom is -0.478 e. The summed E-state index contributed by atoms with van der Waals surface area (Å²) in [5.41, 5.74) is 2.72. The number of thioether (sulfide) groups is 1. The van der Waals surface area contributed by atoms with Crippen LogP contribution in [0, 0.1) is 0 Å². The molecular formula is C16H17NO2S. The Kier molecular flexibility index (Phi) is 5.21. The summed E-state index contributed by atoms with van der Waals surface area (Å²) in [6.45, 7) is 0.877. The first kappa shape index (κ1) is 14.6. The van der Waals surface area contributed by atoms with Gasteiger partial charge in [0.25, 0.3) is 0 Å². The van der Waals surface area contributed by atoms with E-state index in [0.29, 0.717) is 5.56 Å². The molecule has 2 rings (SSSR count). The van der Waals surface area contributed by atoms with E-state index in [9.17, 15) is 4.79 Å². The predicted molar refractivity (Wildman–Crippen MR) is 82.2 cm³/mol. The Morgan fingerprint density at radius 2 is 1.65 bits per heavy atom. The highest BCUT2D eigenvalue weighted by Crippen LogP contribution is 2.23. The van der Waals surface area contributed by atoms with Gasteiger partial charge in [-0.1, -0.05) is 24.3 Å². The normalized spacial score (nSPS) is 10.4. The van der Waals surface area contributed by atoms with Crippen LogP contribution in [0.3, 0.4) is 0 Å². The van der Waals surface area contributed by atoms with Crippen LogP contribution >= 0.6 is 11.8 Å². The van der Waals surface area contributed by atoms with Crippen molar-refractivity contribution >= 4 is 17.7 Å². The summed E-state index contributed by atoms with van der Waals surface area (Å²) in [5, 5.41) is 12.0. The Morgan fingerprint density at radius 1 is 1.05 bits per heavy atom. The molecule has 2 N–H and O–H groups in total. The fourth-order valence-corrected chi connectivity index (χ4v) is 2.67. The van der Waals surface area contributed by atoms with Gasteiger partial charge in [-0.25, -0.2) is 4.79 Å². The summed E-state index contributed by atoms with van der Waals surface area (Å²) in [6, 6.07) is 15.5. The van der Waals surface area contributed by atoms with Crippen molar-refractivity contribution in [3.8, 4) is 0 Å². The third-order valence-corrected chi connectivity index (χ3v) is 3.99. The van der Waals surface area contributed by atoms with E-state index < -0.39 is 5.97 Å². The molecule has 4 heteroatoms. The van der Waals surface area contributed by atoms with E-state index in [1.165, 1.54) is 10.5 Å². The first-order valence-corrected chi connectivity index (χ1v) is 7.36. The summed E-state index contributed by atoms with van der Waals surface area (Å²) >= 11 is 1.75. The van der Waals surface area contributed by atoms with Crippen LogP contribution < -0.4 is 5.32 Å². The highest BCUT2D eigenvalue weighted by Gasteiger charge is 2.02. The average Bonchev–Trinajstić information content (AvgIpc) is 2.47. The van der Waals surface area contributed by atoms with Crippen molar-refractivity contribution in [2.45, 2.75) is 17.2 Å². The Hall–Kier alpha value is -1.78. The number of carboxylic acids is 1. The first-order valence-electron chi connectivity index (χ1n) is 6.37. The first-order chi connectivity index (χ1) is 9.69. The maximum Gasteiger partial charge on any atom is 0.335 e. The van der Waals surface area contributed by atoms with Crippen molar-refractivity contribution in [2.24, 2.45) is 0 Å². The molecule has 0 unspecified atom stereocenters. The Labute approximate surface area is 123 Å². The minimum absolute atomic E-state index is 0.329. The van der Waals surface area contributed by atoms with Crippen LogP contribution in [0.1, 0.15) is 21.5 Å². The Bertz CT molecular complexity index is 564. The second-order valence-corrected chi connectivity index (χ2v) is 5.51.